The Morgan fingerprint density at radius 3 is 2.20 bits per heavy atom. The van der Waals surface area contributed by atoms with Gasteiger partial charge in [0.25, 0.3) is 0 Å². The summed E-state index contributed by atoms with van der Waals surface area (Å²) in [7, 11) is 0. The van der Waals surface area contributed by atoms with Gasteiger partial charge in [-0.3, -0.25) is 0 Å². The maximum absolute atomic E-state index is 12.7. The predicted octanol–water partition coefficient (Wildman–Crippen LogP) is 4.96. The summed E-state index contributed by atoms with van der Waals surface area (Å²) in [4.78, 5) is 25.3. The number of hydrogen-bond acceptors (Lipinski definition) is 4. The third kappa shape index (κ3) is 2.96. The fourth-order valence-electron chi connectivity index (χ4n) is 4.54. The number of fused-ring (bicyclic) bond motifs is 1. The summed E-state index contributed by atoms with van der Waals surface area (Å²) < 4.78 is 11.3. The molecule has 1 fully saturated rings. The first-order chi connectivity index (χ1) is 11.9. The van der Waals surface area contributed by atoms with Crippen molar-refractivity contribution in [2.45, 2.75) is 72.1 Å². The van der Waals surface area contributed by atoms with Gasteiger partial charge in [-0.2, -0.15) is 0 Å². The van der Waals surface area contributed by atoms with Gasteiger partial charge in [0.2, 0.25) is 0 Å². The lowest BCUT2D eigenvalue weighted by atomic mass is 9.74. The van der Waals surface area contributed by atoms with Crippen molar-refractivity contribution in [2.75, 3.05) is 0 Å². The van der Waals surface area contributed by atoms with E-state index in [-0.39, 0.29) is 11.3 Å². The van der Waals surface area contributed by atoms with Gasteiger partial charge >= 0.3 is 11.9 Å². The van der Waals surface area contributed by atoms with Crippen LogP contribution in [-0.2, 0) is 19.1 Å². The molecule has 0 amide bonds. The molecule has 0 atom stereocenters. The first-order valence-corrected chi connectivity index (χ1v) is 9.51. The van der Waals surface area contributed by atoms with E-state index < -0.39 is 11.9 Å². The molecule has 4 heteroatoms. The van der Waals surface area contributed by atoms with Gasteiger partial charge in [-0.15, -0.1) is 6.58 Å². The topological polar surface area (TPSA) is 52.6 Å². The normalized spacial score (nSPS) is 21.6. The van der Waals surface area contributed by atoms with Gasteiger partial charge < -0.3 is 9.47 Å². The van der Waals surface area contributed by atoms with Crippen LogP contribution in [0.2, 0.25) is 0 Å². The van der Waals surface area contributed by atoms with Crippen LogP contribution in [0.15, 0.2) is 34.8 Å². The quantitative estimate of drug-likeness (QED) is 0.505. The molecule has 0 radical (unpaired) electrons. The molecular formula is C21H28O4. The number of rotatable bonds is 6. The van der Waals surface area contributed by atoms with E-state index in [1.807, 2.05) is 6.92 Å². The van der Waals surface area contributed by atoms with Crippen molar-refractivity contribution in [3.05, 3.63) is 34.8 Å². The molecule has 0 bridgehead atoms. The number of carbonyl (C=O) groups excluding carboxylic acids is 2. The summed E-state index contributed by atoms with van der Waals surface area (Å²) in [5.41, 5.74) is 1.43. The van der Waals surface area contributed by atoms with E-state index in [1.165, 1.54) is 6.42 Å². The van der Waals surface area contributed by atoms with E-state index in [4.69, 9.17) is 9.47 Å². The van der Waals surface area contributed by atoms with Crippen molar-refractivity contribution in [3.8, 4) is 0 Å². The number of carbonyl (C=O) groups is 2. The highest BCUT2D eigenvalue weighted by Crippen LogP contribution is 2.51. The summed E-state index contributed by atoms with van der Waals surface area (Å²) in [5, 5.41) is 0. The van der Waals surface area contributed by atoms with Crippen LogP contribution in [0.5, 0.6) is 0 Å². The van der Waals surface area contributed by atoms with Crippen molar-refractivity contribution in [3.63, 3.8) is 0 Å². The molecule has 2 aliphatic heterocycles. The molecular weight excluding hydrogens is 316 g/mol. The molecule has 0 spiro atoms. The predicted molar refractivity (Wildman–Crippen MR) is 95.3 cm³/mol. The molecule has 136 valence electrons. The molecule has 25 heavy (non-hydrogen) atoms. The molecule has 0 aromatic rings. The van der Waals surface area contributed by atoms with E-state index in [9.17, 15) is 9.59 Å². The average Bonchev–Trinajstić information content (AvgIpc) is 3.13. The van der Waals surface area contributed by atoms with Gasteiger partial charge in [-0.05, 0) is 39.0 Å². The van der Waals surface area contributed by atoms with Crippen LogP contribution in [0.3, 0.4) is 0 Å². The zero-order valence-corrected chi connectivity index (χ0v) is 15.6. The Morgan fingerprint density at radius 1 is 1.04 bits per heavy atom. The summed E-state index contributed by atoms with van der Waals surface area (Å²) in [5.74, 6) is 0.414. The van der Waals surface area contributed by atoms with Gasteiger partial charge in [-0.25, -0.2) is 9.59 Å². The van der Waals surface area contributed by atoms with Crippen molar-refractivity contribution in [1.82, 2.24) is 0 Å². The summed E-state index contributed by atoms with van der Waals surface area (Å²) in [6.07, 6.45) is 7.64. The minimum Gasteiger partial charge on any atom is -0.426 e. The fourth-order valence-corrected chi connectivity index (χ4v) is 4.54. The van der Waals surface area contributed by atoms with Gasteiger partial charge in [0.1, 0.15) is 22.7 Å². The van der Waals surface area contributed by atoms with E-state index in [2.05, 4.69) is 20.4 Å². The van der Waals surface area contributed by atoms with Crippen molar-refractivity contribution >= 4 is 11.9 Å². The van der Waals surface area contributed by atoms with Crippen molar-refractivity contribution in [2.24, 2.45) is 11.3 Å². The maximum Gasteiger partial charge on any atom is 0.347 e. The minimum absolute atomic E-state index is 0.163. The molecule has 0 aromatic heterocycles. The lowest BCUT2D eigenvalue weighted by molar-refractivity contribution is -0.136. The smallest absolute Gasteiger partial charge is 0.347 e. The van der Waals surface area contributed by atoms with Crippen LogP contribution in [0, 0.1) is 11.3 Å². The first kappa shape index (κ1) is 18.0. The summed E-state index contributed by atoms with van der Waals surface area (Å²) in [6, 6.07) is 0. The molecule has 3 aliphatic rings. The van der Waals surface area contributed by atoms with Crippen LogP contribution in [0.25, 0.3) is 0 Å². The molecule has 1 aliphatic carbocycles. The highest BCUT2D eigenvalue weighted by Gasteiger charge is 2.51. The van der Waals surface area contributed by atoms with Gasteiger partial charge in [0.15, 0.2) is 0 Å². The van der Waals surface area contributed by atoms with Crippen LogP contribution in [0.1, 0.15) is 72.1 Å². The highest BCUT2D eigenvalue weighted by atomic mass is 16.6. The minimum atomic E-state index is -0.413. The molecule has 0 saturated heterocycles. The number of esters is 2. The second kappa shape index (κ2) is 6.81. The number of ether oxygens (including phenoxy) is 2. The van der Waals surface area contributed by atoms with Crippen molar-refractivity contribution in [1.29, 1.82) is 0 Å². The first-order valence-electron chi connectivity index (χ1n) is 9.51. The van der Waals surface area contributed by atoms with Crippen molar-refractivity contribution < 1.29 is 19.1 Å². The summed E-state index contributed by atoms with van der Waals surface area (Å²) >= 11 is 0. The fraction of sp³-hybridized carbons (Fsp3) is 0.619. The zero-order chi connectivity index (χ0) is 18.2. The Kier molecular flexibility index (Phi) is 4.90. The lowest BCUT2D eigenvalue weighted by Gasteiger charge is -2.32. The van der Waals surface area contributed by atoms with Crippen LogP contribution in [0.4, 0.5) is 0 Å². The molecule has 1 saturated carbocycles. The van der Waals surface area contributed by atoms with Gasteiger partial charge in [0.05, 0.1) is 0 Å². The maximum atomic E-state index is 12.7. The number of cyclic esters (lactones) is 2. The largest absolute Gasteiger partial charge is 0.426 e. The highest BCUT2D eigenvalue weighted by molar-refractivity contribution is 6.14. The number of allylic oxidation sites excluding steroid dienone is 3. The molecule has 0 N–H and O–H groups in total. The number of hydrogen-bond donors (Lipinski definition) is 0. The third-order valence-electron chi connectivity index (χ3n) is 5.98. The Bertz CT molecular complexity index is 670. The Labute approximate surface area is 150 Å². The van der Waals surface area contributed by atoms with E-state index >= 15 is 0 Å². The second-order valence-corrected chi connectivity index (χ2v) is 7.68. The molecule has 2 heterocycles. The second-order valence-electron chi connectivity index (χ2n) is 7.68. The SMILES string of the molecule is C=C(C)CC(CC)(CC)C1=C2C(=O)OC(C3CCCCC3)=C2C(=O)O1. The Balaban J connectivity index is 2.09. The van der Waals surface area contributed by atoms with Gasteiger partial charge in [0, 0.05) is 11.3 Å². The van der Waals surface area contributed by atoms with Crippen LogP contribution >= 0.6 is 0 Å². The standard InChI is InChI=1S/C21H28O4/c1-5-21(6-2,12-13(3)4)18-16-15(19(22)25-18)17(24-20(16)23)14-10-8-7-9-11-14/h14H,3,5-12H2,1-2,4H3. The lowest BCUT2D eigenvalue weighted by Crippen LogP contribution is -2.25. The van der Waals surface area contributed by atoms with E-state index in [0.29, 0.717) is 29.1 Å². The monoisotopic (exact) mass is 344 g/mol. The zero-order valence-electron chi connectivity index (χ0n) is 15.6. The Hall–Kier alpha value is -1.84. The third-order valence-corrected chi connectivity index (χ3v) is 5.98. The average molecular weight is 344 g/mol. The summed E-state index contributed by atoms with van der Waals surface area (Å²) in [6.45, 7) is 10.1. The van der Waals surface area contributed by atoms with E-state index in [0.717, 1.165) is 44.1 Å². The molecule has 0 aromatic carbocycles. The Morgan fingerprint density at radius 2 is 1.64 bits per heavy atom. The molecule has 0 unspecified atom stereocenters. The molecule has 3 rings (SSSR count). The van der Waals surface area contributed by atoms with Gasteiger partial charge in [-0.1, -0.05) is 38.7 Å². The molecule has 4 nitrogen and oxygen atoms in total. The van der Waals surface area contributed by atoms with E-state index in [1.54, 1.807) is 0 Å². The van der Waals surface area contributed by atoms with Crippen LogP contribution in [-0.4, -0.2) is 11.9 Å². The van der Waals surface area contributed by atoms with Crippen LogP contribution < -0.4 is 0 Å².